The first-order chi connectivity index (χ1) is 9.56. The minimum absolute atomic E-state index is 0.0204. The maximum Gasteiger partial charge on any atom is 0.200 e. The van der Waals surface area contributed by atoms with Crippen molar-refractivity contribution in [2.24, 2.45) is 0 Å². The Balaban J connectivity index is 2.21. The molecular weight excluding hydrogens is 256 g/mol. The Kier molecular flexibility index (Phi) is 4.08. The van der Waals surface area contributed by atoms with E-state index in [9.17, 15) is 5.11 Å². The van der Waals surface area contributed by atoms with E-state index in [1.165, 1.54) is 14.2 Å². The highest BCUT2D eigenvalue weighted by Crippen LogP contribution is 2.37. The number of hydrogen-bond acceptors (Lipinski definition) is 4. The minimum atomic E-state index is 0.0204. The number of aromatic nitrogens is 1. The van der Waals surface area contributed by atoms with E-state index in [4.69, 9.17) is 9.47 Å². The molecule has 0 unspecified atom stereocenters. The number of nitrogens with zero attached hydrogens (tertiary/aromatic N) is 1. The number of benzene rings is 1. The zero-order chi connectivity index (χ0) is 14.7. The van der Waals surface area contributed by atoms with Crippen LogP contribution in [0.3, 0.4) is 0 Å². The number of hydrogen-bond donors (Lipinski definition) is 2. The predicted molar refractivity (Wildman–Crippen MR) is 78.2 cm³/mol. The number of nitrogens with one attached hydrogen (secondary N) is 1. The number of aryl methyl sites for hydroxylation is 2. The van der Waals surface area contributed by atoms with E-state index in [1.54, 1.807) is 12.1 Å². The molecular formula is C15H20N2O3. The standard InChI is InChI=1S/C15H20N2O3/c1-10-5-6-11(2)17(10)16-9-12-7-13(19-3)15(18)14(8-12)20-4/h5-8,16,18H,9H2,1-4H3. The molecule has 0 fully saturated rings. The molecule has 1 aromatic carbocycles. The van der Waals surface area contributed by atoms with Gasteiger partial charge in [-0.2, -0.15) is 0 Å². The summed E-state index contributed by atoms with van der Waals surface area (Å²) in [5, 5.41) is 9.88. The highest BCUT2D eigenvalue weighted by Gasteiger charge is 2.11. The van der Waals surface area contributed by atoms with E-state index < -0.39 is 0 Å². The molecule has 0 radical (unpaired) electrons. The quantitative estimate of drug-likeness (QED) is 0.881. The van der Waals surface area contributed by atoms with Crippen molar-refractivity contribution in [1.29, 1.82) is 0 Å². The summed E-state index contributed by atoms with van der Waals surface area (Å²) in [4.78, 5) is 0. The Hall–Kier alpha value is -2.30. The molecule has 0 atom stereocenters. The summed E-state index contributed by atoms with van der Waals surface area (Å²) in [6.07, 6.45) is 0. The van der Waals surface area contributed by atoms with Gasteiger partial charge in [0, 0.05) is 11.4 Å². The van der Waals surface area contributed by atoms with Gasteiger partial charge in [0.1, 0.15) is 0 Å². The number of methoxy groups -OCH3 is 2. The van der Waals surface area contributed by atoms with Crippen LogP contribution in [0.2, 0.25) is 0 Å². The van der Waals surface area contributed by atoms with Crippen molar-refractivity contribution in [3.8, 4) is 17.2 Å². The van der Waals surface area contributed by atoms with Crippen molar-refractivity contribution < 1.29 is 14.6 Å². The molecule has 5 heteroatoms. The topological polar surface area (TPSA) is 55.7 Å². The molecule has 108 valence electrons. The number of ether oxygens (including phenoxy) is 2. The molecule has 2 N–H and O–H groups in total. The second-order valence-corrected chi connectivity index (χ2v) is 4.64. The van der Waals surface area contributed by atoms with Gasteiger partial charge in [0.25, 0.3) is 0 Å². The van der Waals surface area contributed by atoms with E-state index in [0.717, 1.165) is 17.0 Å². The second-order valence-electron chi connectivity index (χ2n) is 4.64. The lowest BCUT2D eigenvalue weighted by atomic mass is 10.2. The zero-order valence-corrected chi connectivity index (χ0v) is 12.2. The first-order valence-electron chi connectivity index (χ1n) is 6.39. The van der Waals surface area contributed by atoms with E-state index in [-0.39, 0.29) is 5.75 Å². The first-order valence-corrected chi connectivity index (χ1v) is 6.39. The normalized spacial score (nSPS) is 10.4. The fraction of sp³-hybridized carbons (Fsp3) is 0.333. The van der Waals surface area contributed by atoms with Gasteiger partial charge in [-0.15, -0.1) is 0 Å². The highest BCUT2D eigenvalue weighted by molar-refractivity contribution is 5.52. The molecule has 2 aromatic rings. The van der Waals surface area contributed by atoms with Crippen LogP contribution in [0.15, 0.2) is 24.3 Å². The highest BCUT2D eigenvalue weighted by atomic mass is 16.5. The largest absolute Gasteiger partial charge is 0.502 e. The van der Waals surface area contributed by atoms with Crippen LogP contribution in [-0.2, 0) is 6.54 Å². The fourth-order valence-electron chi connectivity index (χ4n) is 2.14. The lowest BCUT2D eigenvalue weighted by molar-refractivity contribution is 0.339. The van der Waals surface area contributed by atoms with E-state index in [2.05, 4.69) is 17.6 Å². The molecule has 0 aliphatic rings. The van der Waals surface area contributed by atoms with Gasteiger partial charge in [0.2, 0.25) is 5.75 Å². The molecule has 2 rings (SSSR count). The van der Waals surface area contributed by atoms with Crippen LogP contribution in [0.25, 0.3) is 0 Å². The molecule has 0 saturated heterocycles. The molecule has 1 aromatic heterocycles. The van der Waals surface area contributed by atoms with E-state index >= 15 is 0 Å². The smallest absolute Gasteiger partial charge is 0.200 e. The van der Waals surface area contributed by atoms with Crippen molar-refractivity contribution in [1.82, 2.24) is 4.68 Å². The maximum absolute atomic E-state index is 9.88. The first kappa shape index (κ1) is 14.1. The van der Waals surface area contributed by atoms with Gasteiger partial charge < -0.3 is 20.0 Å². The van der Waals surface area contributed by atoms with Crippen LogP contribution in [-0.4, -0.2) is 24.0 Å². The SMILES string of the molecule is COc1cc(CNn2c(C)ccc2C)cc(OC)c1O. The average molecular weight is 276 g/mol. The van der Waals surface area contributed by atoms with Gasteiger partial charge in [-0.05, 0) is 43.7 Å². The maximum atomic E-state index is 9.88. The van der Waals surface area contributed by atoms with Gasteiger partial charge in [-0.3, -0.25) is 4.68 Å². The summed E-state index contributed by atoms with van der Waals surface area (Å²) in [7, 11) is 3.04. The van der Waals surface area contributed by atoms with Crippen LogP contribution in [0, 0.1) is 13.8 Å². The Morgan fingerprint density at radius 2 is 1.55 bits per heavy atom. The van der Waals surface area contributed by atoms with Crippen molar-refractivity contribution in [3.05, 3.63) is 41.2 Å². The molecule has 0 spiro atoms. The van der Waals surface area contributed by atoms with Crippen LogP contribution in [0.4, 0.5) is 0 Å². The predicted octanol–water partition coefficient (Wildman–Crippen LogP) is 2.57. The van der Waals surface area contributed by atoms with E-state index in [0.29, 0.717) is 18.0 Å². The van der Waals surface area contributed by atoms with Crippen LogP contribution < -0.4 is 14.9 Å². The number of rotatable bonds is 5. The molecule has 0 aliphatic heterocycles. The fourth-order valence-corrected chi connectivity index (χ4v) is 2.14. The van der Waals surface area contributed by atoms with Crippen molar-refractivity contribution in [2.75, 3.05) is 19.6 Å². The molecule has 0 saturated carbocycles. The van der Waals surface area contributed by atoms with Crippen LogP contribution in [0.5, 0.6) is 17.2 Å². The van der Waals surface area contributed by atoms with Gasteiger partial charge >= 0.3 is 0 Å². The summed E-state index contributed by atoms with van der Waals surface area (Å²) in [5.74, 6) is 0.830. The van der Waals surface area contributed by atoms with Gasteiger partial charge in [-0.25, -0.2) is 0 Å². The van der Waals surface area contributed by atoms with Crippen molar-refractivity contribution >= 4 is 0 Å². The summed E-state index contributed by atoms with van der Waals surface area (Å²) >= 11 is 0. The van der Waals surface area contributed by atoms with Gasteiger partial charge in [-0.1, -0.05) is 0 Å². The molecule has 20 heavy (non-hydrogen) atoms. The van der Waals surface area contributed by atoms with E-state index in [1.807, 2.05) is 18.5 Å². The Morgan fingerprint density at radius 3 is 2.00 bits per heavy atom. The lowest BCUT2D eigenvalue weighted by Gasteiger charge is -2.15. The third kappa shape index (κ3) is 2.66. The summed E-state index contributed by atoms with van der Waals surface area (Å²) in [6, 6.07) is 7.69. The Bertz CT molecular complexity index is 561. The van der Waals surface area contributed by atoms with Crippen LogP contribution in [0.1, 0.15) is 17.0 Å². The average Bonchev–Trinajstić information content (AvgIpc) is 2.77. The van der Waals surface area contributed by atoms with Crippen molar-refractivity contribution in [3.63, 3.8) is 0 Å². The third-order valence-corrected chi connectivity index (χ3v) is 3.25. The summed E-state index contributed by atoms with van der Waals surface area (Å²) in [6.45, 7) is 4.68. The third-order valence-electron chi connectivity index (χ3n) is 3.25. The number of phenolic OH excluding ortho intramolecular Hbond substituents is 1. The molecule has 0 amide bonds. The summed E-state index contributed by atoms with van der Waals surface area (Å²) in [5.41, 5.74) is 6.56. The molecule has 1 heterocycles. The number of aromatic hydroxyl groups is 1. The lowest BCUT2D eigenvalue weighted by Crippen LogP contribution is -2.16. The monoisotopic (exact) mass is 276 g/mol. The Morgan fingerprint density at radius 1 is 1.05 bits per heavy atom. The Labute approximate surface area is 118 Å². The van der Waals surface area contributed by atoms with Gasteiger partial charge in [0.15, 0.2) is 11.5 Å². The van der Waals surface area contributed by atoms with Crippen LogP contribution >= 0.6 is 0 Å². The second kappa shape index (κ2) is 5.77. The minimum Gasteiger partial charge on any atom is -0.502 e. The zero-order valence-electron chi connectivity index (χ0n) is 12.2. The molecule has 0 aliphatic carbocycles. The summed E-state index contributed by atoms with van der Waals surface area (Å²) < 4.78 is 12.3. The number of phenols is 1. The van der Waals surface area contributed by atoms with Crippen molar-refractivity contribution in [2.45, 2.75) is 20.4 Å². The van der Waals surface area contributed by atoms with Gasteiger partial charge in [0.05, 0.1) is 20.8 Å². The molecule has 0 bridgehead atoms. The molecule has 5 nitrogen and oxygen atoms in total.